The second-order valence-electron chi connectivity index (χ2n) is 7.37. The van der Waals surface area contributed by atoms with Crippen LogP contribution >= 0.6 is 0 Å². The SMILES string of the molecule is CC(=O)On1c(=O)c(-c2cn(CCN)c3ccccc23)nc2cc3ccccc3cc21. The second-order valence-corrected chi connectivity index (χ2v) is 7.37. The highest BCUT2D eigenvalue weighted by Gasteiger charge is 2.19. The molecule has 5 aromatic rings. The van der Waals surface area contributed by atoms with E-state index in [1.54, 1.807) is 0 Å². The van der Waals surface area contributed by atoms with Crippen LogP contribution < -0.4 is 16.1 Å². The lowest BCUT2D eigenvalue weighted by molar-refractivity contribution is -0.141. The Hall–Kier alpha value is -3.97. The van der Waals surface area contributed by atoms with Gasteiger partial charge in [0.1, 0.15) is 11.2 Å². The summed E-state index contributed by atoms with van der Waals surface area (Å²) in [6.07, 6.45) is 1.88. The Morgan fingerprint density at radius 3 is 2.48 bits per heavy atom. The van der Waals surface area contributed by atoms with Gasteiger partial charge in [0.2, 0.25) is 0 Å². The maximum Gasteiger partial charge on any atom is 0.330 e. The summed E-state index contributed by atoms with van der Waals surface area (Å²) in [5.41, 5.74) is 8.13. The van der Waals surface area contributed by atoms with Crippen LogP contribution in [0.3, 0.4) is 0 Å². The molecule has 2 N–H and O–H groups in total. The first-order valence-corrected chi connectivity index (χ1v) is 9.99. The first-order valence-electron chi connectivity index (χ1n) is 9.99. The topological polar surface area (TPSA) is 92.1 Å². The highest BCUT2D eigenvalue weighted by molar-refractivity contribution is 5.98. The lowest BCUT2D eigenvalue weighted by atomic mass is 10.1. The van der Waals surface area contributed by atoms with Crippen molar-refractivity contribution in [3.05, 3.63) is 77.2 Å². The number of hydrogen-bond donors (Lipinski definition) is 1. The van der Waals surface area contributed by atoms with Gasteiger partial charge in [0, 0.05) is 42.7 Å². The molecule has 0 saturated carbocycles. The minimum atomic E-state index is -0.584. The van der Waals surface area contributed by atoms with Crippen molar-refractivity contribution >= 4 is 38.7 Å². The van der Waals surface area contributed by atoms with Crippen LogP contribution in [0, 0.1) is 0 Å². The van der Waals surface area contributed by atoms with Gasteiger partial charge in [-0.1, -0.05) is 42.5 Å². The van der Waals surface area contributed by atoms with Crippen molar-refractivity contribution in [2.45, 2.75) is 13.5 Å². The van der Waals surface area contributed by atoms with E-state index >= 15 is 0 Å². The predicted molar refractivity (Wildman–Crippen MR) is 121 cm³/mol. The molecule has 0 aliphatic rings. The minimum Gasteiger partial charge on any atom is -0.346 e. The van der Waals surface area contributed by atoms with Crippen LogP contribution in [0.2, 0.25) is 0 Å². The molecule has 0 amide bonds. The summed E-state index contributed by atoms with van der Waals surface area (Å²) in [5.74, 6) is -0.584. The number of hydrogen-bond acceptors (Lipinski definition) is 5. The molecule has 0 fully saturated rings. The Morgan fingerprint density at radius 2 is 1.74 bits per heavy atom. The summed E-state index contributed by atoms with van der Waals surface area (Å²) in [5, 5.41) is 2.78. The summed E-state index contributed by atoms with van der Waals surface area (Å²) in [4.78, 5) is 35.3. The summed E-state index contributed by atoms with van der Waals surface area (Å²) in [6.45, 7) is 2.34. The fourth-order valence-electron chi connectivity index (χ4n) is 4.00. The molecule has 7 heteroatoms. The molecule has 0 saturated heterocycles. The van der Waals surface area contributed by atoms with E-state index in [-0.39, 0.29) is 5.69 Å². The molecule has 5 rings (SSSR count). The average molecular weight is 412 g/mol. The van der Waals surface area contributed by atoms with Gasteiger partial charge in [-0.3, -0.25) is 4.79 Å². The number of carbonyl (C=O) groups excluding carboxylic acids is 1. The van der Waals surface area contributed by atoms with Gasteiger partial charge >= 0.3 is 11.5 Å². The quantitative estimate of drug-likeness (QED) is 0.458. The lowest BCUT2D eigenvalue weighted by Gasteiger charge is -2.11. The fraction of sp³-hybridized carbons (Fsp3) is 0.125. The molecule has 0 spiro atoms. The molecular weight excluding hydrogens is 392 g/mol. The van der Waals surface area contributed by atoms with Crippen LogP contribution in [0.4, 0.5) is 0 Å². The Labute approximate surface area is 177 Å². The largest absolute Gasteiger partial charge is 0.346 e. The van der Waals surface area contributed by atoms with E-state index in [4.69, 9.17) is 15.6 Å². The number of aromatic nitrogens is 3. The Morgan fingerprint density at radius 1 is 1.03 bits per heavy atom. The molecule has 2 aromatic heterocycles. The van der Waals surface area contributed by atoms with Gasteiger partial charge in [-0.05, 0) is 29.0 Å². The second kappa shape index (κ2) is 7.37. The molecule has 0 bridgehead atoms. The standard InChI is InChI=1S/C24H20N4O3/c1-15(29)31-28-22-13-17-7-3-2-6-16(17)12-20(22)26-23(24(28)30)19-14-27(11-10-25)21-9-5-4-8-18(19)21/h2-9,12-14H,10-11,25H2,1H3. The van der Waals surface area contributed by atoms with Crippen molar-refractivity contribution in [3.63, 3.8) is 0 Å². The number of fused-ring (bicyclic) bond motifs is 3. The number of nitrogens with two attached hydrogens (primary N) is 1. The van der Waals surface area contributed by atoms with Gasteiger partial charge in [-0.2, -0.15) is 0 Å². The third-order valence-corrected chi connectivity index (χ3v) is 5.31. The van der Waals surface area contributed by atoms with E-state index in [9.17, 15) is 9.59 Å². The van der Waals surface area contributed by atoms with E-state index in [1.807, 2.05) is 71.4 Å². The molecule has 0 unspecified atom stereocenters. The van der Waals surface area contributed by atoms with Crippen LogP contribution in [-0.2, 0) is 11.3 Å². The average Bonchev–Trinajstić information content (AvgIpc) is 3.13. The van der Waals surface area contributed by atoms with Crippen LogP contribution in [0.15, 0.2) is 71.7 Å². The van der Waals surface area contributed by atoms with Crippen LogP contribution in [0.25, 0.3) is 44.0 Å². The molecule has 0 aliphatic heterocycles. The molecule has 3 aromatic carbocycles. The van der Waals surface area contributed by atoms with E-state index in [2.05, 4.69) is 0 Å². The van der Waals surface area contributed by atoms with Crippen molar-refractivity contribution < 1.29 is 9.63 Å². The highest BCUT2D eigenvalue weighted by atomic mass is 16.7. The molecule has 0 atom stereocenters. The monoisotopic (exact) mass is 412 g/mol. The van der Waals surface area contributed by atoms with E-state index in [0.29, 0.717) is 29.7 Å². The first kappa shape index (κ1) is 19.0. The van der Waals surface area contributed by atoms with Gasteiger partial charge < -0.3 is 15.1 Å². The van der Waals surface area contributed by atoms with Gasteiger partial charge in [0.25, 0.3) is 0 Å². The van der Waals surface area contributed by atoms with Crippen LogP contribution in [-0.4, -0.2) is 26.8 Å². The van der Waals surface area contributed by atoms with Crippen molar-refractivity contribution in [2.24, 2.45) is 5.73 Å². The first-order chi connectivity index (χ1) is 15.1. The number of benzene rings is 3. The van der Waals surface area contributed by atoms with Gasteiger partial charge in [0.15, 0.2) is 0 Å². The van der Waals surface area contributed by atoms with E-state index in [0.717, 1.165) is 26.4 Å². The molecule has 154 valence electrons. The Bertz CT molecular complexity index is 1530. The normalized spacial score (nSPS) is 11.4. The van der Waals surface area contributed by atoms with Gasteiger partial charge in [-0.25, -0.2) is 9.78 Å². The number of carbonyl (C=O) groups is 1. The van der Waals surface area contributed by atoms with Crippen molar-refractivity contribution in [1.29, 1.82) is 0 Å². The Balaban J connectivity index is 1.87. The van der Waals surface area contributed by atoms with Crippen molar-refractivity contribution in [3.8, 4) is 11.3 Å². The van der Waals surface area contributed by atoms with Gasteiger partial charge in [-0.15, -0.1) is 4.73 Å². The molecular formula is C24H20N4O3. The zero-order valence-electron chi connectivity index (χ0n) is 16.9. The number of nitrogens with zero attached hydrogens (tertiary/aromatic N) is 3. The maximum atomic E-state index is 13.5. The van der Waals surface area contributed by atoms with E-state index in [1.165, 1.54) is 6.92 Å². The van der Waals surface area contributed by atoms with E-state index < -0.39 is 11.5 Å². The lowest BCUT2D eigenvalue weighted by Crippen LogP contribution is -2.31. The summed E-state index contributed by atoms with van der Waals surface area (Å²) < 4.78 is 3.05. The Kier molecular flexibility index (Phi) is 4.52. The molecule has 2 heterocycles. The van der Waals surface area contributed by atoms with Gasteiger partial charge in [0.05, 0.1) is 5.52 Å². The zero-order valence-corrected chi connectivity index (χ0v) is 16.9. The van der Waals surface area contributed by atoms with Crippen molar-refractivity contribution in [2.75, 3.05) is 6.54 Å². The van der Waals surface area contributed by atoms with Crippen LogP contribution in [0.5, 0.6) is 0 Å². The van der Waals surface area contributed by atoms with Crippen LogP contribution in [0.1, 0.15) is 6.92 Å². The predicted octanol–water partition coefficient (Wildman–Crippen LogP) is 3.11. The minimum absolute atomic E-state index is 0.219. The summed E-state index contributed by atoms with van der Waals surface area (Å²) in [7, 11) is 0. The molecule has 7 nitrogen and oxygen atoms in total. The molecule has 0 radical (unpaired) electrons. The fourth-order valence-corrected chi connectivity index (χ4v) is 4.00. The van der Waals surface area contributed by atoms with Crippen molar-refractivity contribution in [1.82, 2.24) is 14.3 Å². The molecule has 0 aliphatic carbocycles. The third-order valence-electron chi connectivity index (χ3n) is 5.31. The maximum absolute atomic E-state index is 13.5. The number of para-hydroxylation sites is 1. The third kappa shape index (κ3) is 3.15. The smallest absolute Gasteiger partial charge is 0.330 e. The summed E-state index contributed by atoms with van der Waals surface area (Å²) in [6, 6.07) is 19.3. The summed E-state index contributed by atoms with van der Waals surface area (Å²) >= 11 is 0. The highest BCUT2D eigenvalue weighted by Crippen LogP contribution is 2.29. The number of rotatable bonds is 4. The molecule has 31 heavy (non-hydrogen) atoms. The zero-order chi connectivity index (χ0) is 21.5.